The number of carbonyl (C=O) groups excluding carboxylic acids is 2. The zero-order chi connectivity index (χ0) is 15.8. The van der Waals surface area contributed by atoms with E-state index in [1.807, 2.05) is 19.1 Å². The maximum atomic E-state index is 12.1. The number of nitrogens with one attached hydrogen (secondary N) is 1. The molecule has 21 heavy (non-hydrogen) atoms. The Kier molecular flexibility index (Phi) is 6.58. The molecule has 0 spiro atoms. The molecule has 0 radical (unpaired) electrons. The molecule has 6 heteroatoms. The largest absolute Gasteiger partial charge is 0.400 e. The third kappa shape index (κ3) is 3.90. The van der Waals surface area contributed by atoms with Crippen molar-refractivity contribution in [3.05, 3.63) is 46.5 Å². The first-order chi connectivity index (χ1) is 10.2. The number of anilines is 1. The van der Waals surface area contributed by atoms with Crippen LogP contribution in [0.3, 0.4) is 0 Å². The number of nitrogens with zero attached hydrogens (tertiary/aromatic N) is 1. The van der Waals surface area contributed by atoms with Crippen LogP contribution in [-0.4, -0.2) is 31.1 Å². The first-order valence-electron chi connectivity index (χ1n) is 6.06. The number of benzene rings is 1. The zero-order valence-electron chi connectivity index (χ0n) is 11.8. The summed E-state index contributed by atoms with van der Waals surface area (Å²) >= 11 is 1.42. The number of aliphatic hydroxyl groups excluding tert-OH is 1. The van der Waals surface area contributed by atoms with E-state index in [0.717, 1.165) is 23.2 Å². The molecule has 2 rings (SSSR count). The summed E-state index contributed by atoms with van der Waals surface area (Å²) in [4.78, 5) is 28.2. The molecule has 1 heterocycles. The van der Waals surface area contributed by atoms with Crippen molar-refractivity contribution in [3.63, 3.8) is 0 Å². The molecule has 0 atom stereocenters. The highest BCUT2D eigenvalue weighted by molar-refractivity contribution is 8.03. The summed E-state index contributed by atoms with van der Waals surface area (Å²) in [5.41, 5.74) is 1.41. The fraction of sp³-hybridized carbons (Fsp3) is 0.133. The molecule has 1 aliphatic rings. The van der Waals surface area contributed by atoms with E-state index in [9.17, 15) is 9.59 Å². The third-order valence-corrected chi connectivity index (χ3v) is 3.66. The van der Waals surface area contributed by atoms with Gasteiger partial charge < -0.3 is 10.4 Å². The van der Waals surface area contributed by atoms with Crippen molar-refractivity contribution in [1.82, 2.24) is 0 Å². The van der Waals surface area contributed by atoms with Crippen molar-refractivity contribution in [2.45, 2.75) is 11.8 Å². The second-order valence-corrected chi connectivity index (χ2v) is 4.88. The summed E-state index contributed by atoms with van der Waals surface area (Å²) in [5.74, 6) is -0.322. The minimum Gasteiger partial charge on any atom is -0.400 e. The Balaban J connectivity index is 0.00000106. The van der Waals surface area contributed by atoms with Gasteiger partial charge in [0.2, 0.25) is 0 Å². The smallest absolute Gasteiger partial charge is 0.275 e. The van der Waals surface area contributed by atoms with Crippen LogP contribution in [0.4, 0.5) is 5.69 Å². The summed E-state index contributed by atoms with van der Waals surface area (Å²) in [6.07, 6.45) is 4.40. The highest BCUT2D eigenvalue weighted by Crippen LogP contribution is 2.38. The van der Waals surface area contributed by atoms with Crippen LogP contribution in [0.2, 0.25) is 0 Å². The van der Waals surface area contributed by atoms with Crippen LogP contribution < -0.4 is 5.32 Å². The maximum absolute atomic E-state index is 12.1. The Hall–Kier alpha value is -2.18. The van der Waals surface area contributed by atoms with Gasteiger partial charge in [-0.3, -0.25) is 14.6 Å². The molecule has 0 aromatic heterocycles. The first kappa shape index (κ1) is 16.9. The van der Waals surface area contributed by atoms with Gasteiger partial charge in [-0.25, -0.2) is 0 Å². The van der Waals surface area contributed by atoms with Gasteiger partial charge in [0.05, 0.1) is 5.69 Å². The Morgan fingerprint density at radius 2 is 2.10 bits per heavy atom. The van der Waals surface area contributed by atoms with Gasteiger partial charge in [0, 0.05) is 22.5 Å². The number of hydrogen-bond donors (Lipinski definition) is 2. The quantitative estimate of drug-likeness (QED) is 0.664. The second kappa shape index (κ2) is 8.18. The predicted octanol–water partition coefficient (Wildman–Crippen LogP) is 2.64. The van der Waals surface area contributed by atoms with E-state index in [0.29, 0.717) is 11.3 Å². The molecule has 0 fully saturated rings. The Bertz CT molecular complexity index is 621. The van der Waals surface area contributed by atoms with E-state index >= 15 is 0 Å². The molecule has 1 aromatic rings. The van der Waals surface area contributed by atoms with Crippen molar-refractivity contribution >= 4 is 36.4 Å². The number of fused-ring (bicyclic) bond motifs is 1. The van der Waals surface area contributed by atoms with Gasteiger partial charge in [0.25, 0.3) is 5.91 Å². The second-order valence-electron chi connectivity index (χ2n) is 3.80. The average Bonchev–Trinajstić information content (AvgIpc) is 2.64. The van der Waals surface area contributed by atoms with E-state index in [1.54, 1.807) is 18.2 Å². The van der Waals surface area contributed by atoms with E-state index in [2.05, 4.69) is 17.0 Å². The molecule has 0 aliphatic carbocycles. The number of carbonyl (C=O) groups is 2. The number of amides is 1. The average molecular weight is 304 g/mol. The van der Waals surface area contributed by atoms with Crippen molar-refractivity contribution in [3.8, 4) is 0 Å². The predicted molar refractivity (Wildman–Crippen MR) is 85.8 cm³/mol. The van der Waals surface area contributed by atoms with Crippen LogP contribution in [0.1, 0.15) is 17.3 Å². The van der Waals surface area contributed by atoms with Crippen LogP contribution in [0.15, 0.2) is 50.8 Å². The summed E-state index contributed by atoms with van der Waals surface area (Å²) in [6.45, 7) is 5.30. The number of rotatable bonds is 3. The molecule has 0 saturated heterocycles. The summed E-state index contributed by atoms with van der Waals surface area (Å²) < 4.78 is 0. The third-order valence-electron chi connectivity index (χ3n) is 2.53. The van der Waals surface area contributed by atoms with Gasteiger partial charge >= 0.3 is 0 Å². The molecule has 1 amide bonds. The number of hydrogen-bond acceptors (Lipinski definition) is 5. The van der Waals surface area contributed by atoms with Gasteiger partial charge in [0.1, 0.15) is 12.0 Å². The van der Waals surface area contributed by atoms with Crippen LogP contribution >= 0.6 is 11.8 Å². The van der Waals surface area contributed by atoms with Crippen molar-refractivity contribution in [2.75, 3.05) is 12.4 Å². The van der Waals surface area contributed by atoms with Gasteiger partial charge in [-0.05, 0) is 25.8 Å². The SMILES string of the molecule is C=NC1=C(/C=C\C)Sc2ccc(C=O)cc2NC1=O.CO. The summed E-state index contributed by atoms with van der Waals surface area (Å²) in [5, 5.41) is 9.74. The normalized spacial score (nSPS) is 13.8. The number of aldehydes is 1. The lowest BCUT2D eigenvalue weighted by atomic mass is 10.2. The number of aliphatic imine (C=N–C) groups is 1. The highest BCUT2D eigenvalue weighted by Gasteiger charge is 2.20. The Labute approximate surface area is 127 Å². The van der Waals surface area contributed by atoms with Gasteiger partial charge in [-0.15, -0.1) is 0 Å². The van der Waals surface area contributed by atoms with Crippen LogP contribution in [0.5, 0.6) is 0 Å². The van der Waals surface area contributed by atoms with Gasteiger partial charge in [-0.1, -0.05) is 30.0 Å². The zero-order valence-corrected chi connectivity index (χ0v) is 12.6. The van der Waals surface area contributed by atoms with E-state index in [-0.39, 0.29) is 11.6 Å². The maximum Gasteiger partial charge on any atom is 0.275 e. The molecule has 0 unspecified atom stereocenters. The fourth-order valence-electron chi connectivity index (χ4n) is 1.68. The lowest BCUT2D eigenvalue weighted by Crippen LogP contribution is -2.13. The Morgan fingerprint density at radius 3 is 2.67 bits per heavy atom. The van der Waals surface area contributed by atoms with Crippen molar-refractivity contribution in [2.24, 2.45) is 4.99 Å². The molecule has 110 valence electrons. The minimum absolute atomic E-state index is 0.284. The van der Waals surface area contributed by atoms with Crippen LogP contribution in [0, 0.1) is 0 Å². The molecule has 0 bridgehead atoms. The van der Waals surface area contributed by atoms with Crippen LogP contribution in [-0.2, 0) is 4.79 Å². The van der Waals surface area contributed by atoms with E-state index < -0.39 is 0 Å². The van der Waals surface area contributed by atoms with E-state index in [4.69, 9.17) is 5.11 Å². The molecule has 1 aliphatic heterocycles. The molecular formula is C15H16N2O3S. The lowest BCUT2D eigenvalue weighted by Gasteiger charge is -2.06. The lowest BCUT2D eigenvalue weighted by molar-refractivity contribution is -0.112. The van der Waals surface area contributed by atoms with Gasteiger partial charge in [-0.2, -0.15) is 0 Å². The Morgan fingerprint density at radius 1 is 1.38 bits per heavy atom. The van der Waals surface area contributed by atoms with Crippen LogP contribution in [0.25, 0.3) is 0 Å². The monoisotopic (exact) mass is 304 g/mol. The molecule has 0 saturated carbocycles. The standard InChI is InChI=1S/C14H12N2O2S.CH4O/c1-3-4-12-13(15-2)14(18)16-10-7-9(8-17)5-6-11(10)19-12;1-2/h3-8H,2H2,1H3,(H,16,18);2H,1H3/b4-3-;. The highest BCUT2D eigenvalue weighted by atomic mass is 32.2. The van der Waals surface area contributed by atoms with Crippen molar-refractivity contribution < 1.29 is 14.7 Å². The summed E-state index contributed by atoms with van der Waals surface area (Å²) in [7, 11) is 1.00. The fourth-order valence-corrected chi connectivity index (χ4v) is 2.73. The molecule has 5 nitrogen and oxygen atoms in total. The summed E-state index contributed by atoms with van der Waals surface area (Å²) in [6, 6.07) is 5.16. The number of thioether (sulfide) groups is 1. The first-order valence-corrected chi connectivity index (χ1v) is 6.88. The van der Waals surface area contributed by atoms with Gasteiger partial charge in [0.15, 0.2) is 0 Å². The molecule has 1 aromatic carbocycles. The number of allylic oxidation sites excluding steroid dienone is 2. The van der Waals surface area contributed by atoms with Crippen molar-refractivity contribution in [1.29, 1.82) is 0 Å². The topological polar surface area (TPSA) is 78.8 Å². The van der Waals surface area contributed by atoms with E-state index in [1.165, 1.54) is 11.8 Å². The number of aliphatic hydroxyl groups is 1. The molecule has 2 N–H and O–H groups in total. The minimum atomic E-state index is -0.322. The molecular weight excluding hydrogens is 288 g/mol.